The molecule has 0 aromatic heterocycles. The molecule has 1 saturated heterocycles. The smallest absolute Gasteiger partial charge is 0.312 e. The average molecular weight is 248 g/mol. The fraction of sp³-hybridized carbons (Fsp3) is 0.571. The van der Waals surface area contributed by atoms with Gasteiger partial charge < -0.3 is 9.80 Å². The second-order valence-electron chi connectivity index (χ2n) is 5.08. The molecule has 0 bridgehead atoms. The molecular formula is C14H20N2O2. The molecule has 0 spiro atoms. The first-order valence-corrected chi connectivity index (χ1v) is 6.55. The Labute approximate surface area is 108 Å². The molecule has 0 aromatic carbocycles. The van der Waals surface area contributed by atoms with E-state index in [0.717, 1.165) is 18.4 Å². The Balaban J connectivity index is 2.00. The van der Waals surface area contributed by atoms with Gasteiger partial charge in [-0.05, 0) is 32.3 Å². The van der Waals surface area contributed by atoms with Crippen LogP contribution in [0.4, 0.5) is 0 Å². The summed E-state index contributed by atoms with van der Waals surface area (Å²) in [5.41, 5.74) is 1.14. The van der Waals surface area contributed by atoms with Gasteiger partial charge in [0.15, 0.2) is 0 Å². The van der Waals surface area contributed by atoms with Crippen LogP contribution >= 0.6 is 0 Å². The van der Waals surface area contributed by atoms with Crippen molar-refractivity contribution in [1.29, 1.82) is 0 Å². The molecule has 4 nitrogen and oxygen atoms in total. The minimum atomic E-state index is -0.366. The van der Waals surface area contributed by atoms with Crippen LogP contribution in [0.15, 0.2) is 23.8 Å². The van der Waals surface area contributed by atoms with E-state index < -0.39 is 0 Å². The van der Waals surface area contributed by atoms with Crippen molar-refractivity contribution in [3.05, 3.63) is 23.8 Å². The number of hydrogen-bond donors (Lipinski definition) is 0. The summed E-state index contributed by atoms with van der Waals surface area (Å²) in [6.45, 7) is 5.71. The van der Waals surface area contributed by atoms with Crippen LogP contribution < -0.4 is 0 Å². The van der Waals surface area contributed by atoms with Crippen LogP contribution in [-0.2, 0) is 9.59 Å². The lowest BCUT2D eigenvalue weighted by molar-refractivity contribution is -0.156. The number of carbonyl (C=O) groups excluding carboxylic acids is 2. The Bertz CT molecular complexity index is 410. The molecule has 0 unspecified atom stereocenters. The summed E-state index contributed by atoms with van der Waals surface area (Å²) in [5, 5.41) is 0. The van der Waals surface area contributed by atoms with Crippen LogP contribution in [0.5, 0.6) is 0 Å². The summed E-state index contributed by atoms with van der Waals surface area (Å²) in [5.74, 6) is -0.730. The second-order valence-corrected chi connectivity index (χ2v) is 5.08. The predicted molar refractivity (Wildman–Crippen MR) is 69.9 cm³/mol. The Kier molecular flexibility index (Phi) is 3.84. The van der Waals surface area contributed by atoms with Gasteiger partial charge in [-0.15, -0.1) is 0 Å². The van der Waals surface area contributed by atoms with E-state index in [-0.39, 0.29) is 17.9 Å². The van der Waals surface area contributed by atoms with Crippen molar-refractivity contribution < 1.29 is 9.59 Å². The van der Waals surface area contributed by atoms with Gasteiger partial charge in [-0.25, -0.2) is 0 Å². The van der Waals surface area contributed by atoms with E-state index in [9.17, 15) is 9.59 Å². The van der Waals surface area contributed by atoms with Gasteiger partial charge in [-0.1, -0.05) is 18.2 Å². The molecule has 2 aliphatic rings. The SMILES string of the molecule is CC(C)N1CCN(CC2=CCCC=C2)C(=O)C1=O. The quantitative estimate of drug-likeness (QED) is 0.707. The van der Waals surface area contributed by atoms with Gasteiger partial charge in [-0.3, -0.25) is 9.59 Å². The van der Waals surface area contributed by atoms with Crippen molar-refractivity contribution in [2.75, 3.05) is 19.6 Å². The molecule has 2 rings (SSSR count). The molecule has 1 fully saturated rings. The van der Waals surface area contributed by atoms with Crippen molar-refractivity contribution in [2.24, 2.45) is 0 Å². The lowest BCUT2D eigenvalue weighted by atomic mass is 10.1. The van der Waals surface area contributed by atoms with Crippen molar-refractivity contribution in [2.45, 2.75) is 32.7 Å². The topological polar surface area (TPSA) is 40.6 Å². The maximum atomic E-state index is 12.0. The van der Waals surface area contributed by atoms with Crippen LogP contribution in [0.3, 0.4) is 0 Å². The van der Waals surface area contributed by atoms with E-state index >= 15 is 0 Å². The molecule has 0 saturated carbocycles. The van der Waals surface area contributed by atoms with Crippen molar-refractivity contribution in [3.8, 4) is 0 Å². The molecular weight excluding hydrogens is 228 g/mol. The van der Waals surface area contributed by atoms with Crippen LogP contribution in [0.25, 0.3) is 0 Å². The molecule has 2 amide bonds. The summed E-state index contributed by atoms with van der Waals surface area (Å²) in [6.07, 6.45) is 8.41. The molecule has 0 radical (unpaired) electrons. The maximum absolute atomic E-state index is 12.0. The van der Waals surface area contributed by atoms with Crippen molar-refractivity contribution >= 4 is 11.8 Å². The molecule has 1 aliphatic heterocycles. The maximum Gasteiger partial charge on any atom is 0.312 e. The first-order valence-electron chi connectivity index (χ1n) is 6.55. The number of amides is 2. The third-order valence-electron chi connectivity index (χ3n) is 3.41. The van der Waals surface area contributed by atoms with Gasteiger partial charge in [0.25, 0.3) is 0 Å². The summed E-state index contributed by atoms with van der Waals surface area (Å²) in [7, 11) is 0. The van der Waals surface area contributed by atoms with Gasteiger partial charge in [0, 0.05) is 25.7 Å². The molecule has 18 heavy (non-hydrogen) atoms. The highest BCUT2D eigenvalue weighted by molar-refractivity contribution is 6.35. The van der Waals surface area contributed by atoms with Gasteiger partial charge in [-0.2, -0.15) is 0 Å². The van der Waals surface area contributed by atoms with E-state index in [0.29, 0.717) is 19.6 Å². The predicted octanol–water partition coefficient (Wildman–Crippen LogP) is 1.34. The van der Waals surface area contributed by atoms with Crippen LogP contribution in [0.1, 0.15) is 26.7 Å². The molecule has 0 N–H and O–H groups in total. The van der Waals surface area contributed by atoms with Gasteiger partial charge in [0.2, 0.25) is 0 Å². The molecule has 1 heterocycles. The fourth-order valence-electron chi connectivity index (χ4n) is 2.34. The number of carbonyl (C=O) groups is 2. The van der Waals surface area contributed by atoms with E-state index in [2.05, 4.69) is 18.2 Å². The number of hydrogen-bond acceptors (Lipinski definition) is 2. The highest BCUT2D eigenvalue weighted by atomic mass is 16.2. The van der Waals surface area contributed by atoms with Gasteiger partial charge >= 0.3 is 11.8 Å². The third-order valence-corrected chi connectivity index (χ3v) is 3.41. The summed E-state index contributed by atoms with van der Waals surface area (Å²) >= 11 is 0. The molecule has 0 aromatic rings. The summed E-state index contributed by atoms with van der Waals surface area (Å²) in [6, 6.07) is 0.0948. The largest absolute Gasteiger partial charge is 0.330 e. The number of allylic oxidation sites excluding steroid dienone is 2. The van der Waals surface area contributed by atoms with Crippen molar-refractivity contribution in [3.63, 3.8) is 0 Å². The van der Waals surface area contributed by atoms with Crippen LogP contribution in [0.2, 0.25) is 0 Å². The van der Waals surface area contributed by atoms with Gasteiger partial charge in [0.1, 0.15) is 0 Å². The Hall–Kier alpha value is -1.58. The van der Waals surface area contributed by atoms with E-state index in [1.165, 1.54) is 0 Å². The van der Waals surface area contributed by atoms with Crippen molar-refractivity contribution in [1.82, 2.24) is 9.80 Å². The zero-order valence-electron chi connectivity index (χ0n) is 11.1. The lowest BCUT2D eigenvalue weighted by Crippen LogP contribution is -2.56. The number of nitrogens with zero attached hydrogens (tertiary/aromatic N) is 2. The molecule has 1 aliphatic carbocycles. The standard InChI is InChI=1S/C14H20N2O2/c1-11(2)16-9-8-15(13(17)14(16)18)10-12-6-4-3-5-7-12/h4,6-7,11H,3,5,8-10H2,1-2H3. The second kappa shape index (κ2) is 5.38. The van der Waals surface area contributed by atoms with E-state index in [1.807, 2.05) is 13.8 Å². The van der Waals surface area contributed by atoms with Gasteiger partial charge in [0.05, 0.1) is 0 Å². The lowest BCUT2D eigenvalue weighted by Gasteiger charge is -2.36. The first-order chi connectivity index (χ1) is 8.59. The van der Waals surface area contributed by atoms with E-state index in [1.54, 1.807) is 9.80 Å². The normalized spacial score (nSPS) is 20.7. The fourth-order valence-corrected chi connectivity index (χ4v) is 2.34. The summed E-state index contributed by atoms with van der Waals surface area (Å²) in [4.78, 5) is 27.2. The van der Waals surface area contributed by atoms with E-state index in [4.69, 9.17) is 0 Å². The zero-order chi connectivity index (χ0) is 13.1. The first kappa shape index (κ1) is 12.9. The number of rotatable bonds is 3. The minimum absolute atomic E-state index is 0.0948. The molecule has 0 atom stereocenters. The van der Waals surface area contributed by atoms with Crippen LogP contribution in [0, 0.1) is 0 Å². The Morgan fingerprint density at radius 1 is 1.17 bits per heavy atom. The highest BCUT2D eigenvalue weighted by Gasteiger charge is 2.33. The Morgan fingerprint density at radius 3 is 2.56 bits per heavy atom. The zero-order valence-corrected chi connectivity index (χ0v) is 11.1. The minimum Gasteiger partial charge on any atom is -0.330 e. The third kappa shape index (κ3) is 2.63. The highest BCUT2D eigenvalue weighted by Crippen LogP contribution is 2.14. The monoisotopic (exact) mass is 248 g/mol. The number of piperazine rings is 1. The summed E-state index contributed by atoms with van der Waals surface area (Å²) < 4.78 is 0. The Morgan fingerprint density at radius 2 is 1.94 bits per heavy atom. The molecule has 98 valence electrons. The average Bonchev–Trinajstić information content (AvgIpc) is 2.36. The van der Waals surface area contributed by atoms with Crippen LogP contribution in [-0.4, -0.2) is 47.3 Å². The molecule has 4 heteroatoms.